The summed E-state index contributed by atoms with van der Waals surface area (Å²) in [4.78, 5) is 41.7. The van der Waals surface area contributed by atoms with Crippen molar-refractivity contribution in [3.05, 3.63) is 109 Å². The molecule has 4 aromatic rings. The van der Waals surface area contributed by atoms with Gasteiger partial charge in [-0.05, 0) is 61.5 Å². The molecule has 3 N–H and O–H groups in total. The van der Waals surface area contributed by atoms with Crippen LogP contribution in [0.1, 0.15) is 22.5 Å². The zero-order valence-corrected chi connectivity index (χ0v) is 24.6. The first-order valence-corrected chi connectivity index (χ1v) is 12.2. The van der Waals surface area contributed by atoms with Gasteiger partial charge < -0.3 is 9.97 Å². The van der Waals surface area contributed by atoms with Crippen molar-refractivity contribution in [2.45, 2.75) is 30.1 Å². The summed E-state index contributed by atoms with van der Waals surface area (Å²) < 4.78 is 0.375. The van der Waals surface area contributed by atoms with Crippen molar-refractivity contribution in [1.29, 1.82) is 0 Å². The third kappa shape index (κ3) is 14.1. The Morgan fingerprint density at radius 1 is 0.886 bits per heavy atom. The van der Waals surface area contributed by atoms with Crippen LogP contribution in [0.15, 0.2) is 75.9 Å². The first-order chi connectivity index (χ1) is 15.9. The SMILES string of the molecule is Br.BrCc1ccncc1.Cc1cc(=O)[nH]c(=S)[nH]1.Cc1cc(=O)[nH]c(SCc2ccncc2)n1.Cl. The van der Waals surface area contributed by atoms with Crippen molar-refractivity contribution in [2.75, 3.05) is 0 Å². The van der Waals surface area contributed by atoms with Gasteiger partial charge in [0.15, 0.2) is 9.93 Å². The van der Waals surface area contributed by atoms with E-state index in [2.05, 4.69) is 58.1 Å². The van der Waals surface area contributed by atoms with E-state index in [1.807, 2.05) is 31.2 Å². The average molecular weight is 665 g/mol. The minimum Gasteiger partial charge on any atom is -0.336 e. The number of nitrogens with zero attached hydrogens (tertiary/aromatic N) is 3. The fraction of sp³-hybridized carbons (Fsp3) is 0.182. The highest BCUT2D eigenvalue weighted by molar-refractivity contribution is 9.08. The number of aryl methyl sites for hydroxylation is 2. The summed E-state index contributed by atoms with van der Waals surface area (Å²) >= 11 is 9.51. The summed E-state index contributed by atoms with van der Waals surface area (Å²) in [5, 5.41) is 1.57. The van der Waals surface area contributed by atoms with Gasteiger partial charge in [-0.1, -0.05) is 27.7 Å². The molecular weight excluding hydrogens is 640 g/mol. The molecule has 0 unspecified atom stereocenters. The Kier molecular flexibility index (Phi) is 17.1. The molecule has 0 aromatic carbocycles. The Bertz CT molecular complexity index is 1280. The number of pyridine rings is 2. The van der Waals surface area contributed by atoms with Crippen LogP contribution in [-0.2, 0) is 11.1 Å². The molecule has 0 aliphatic heterocycles. The second-order valence-electron chi connectivity index (χ2n) is 6.60. The number of rotatable bonds is 4. The average Bonchev–Trinajstić information content (AvgIpc) is 2.78. The van der Waals surface area contributed by atoms with Crippen LogP contribution >= 0.6 is 69.3 Å². The fourth-order valence-electron chi connectivity index (χ4n) is 2.31. The van der Waals surface area contributed by atoms with E-state index in [1.54, 1.807) is 31.7 Å². The van der Waals surface area contributed by atoms with E-state index >= 15 is 0 Å². The third-order valence-electron chi connectivity index (χ3n) is 3.77. The van der Waals surface area contributed by atoms with Crippen LogP contribution < -0.4 is 11.1 Å². The molecule has 0 fully saturated rings. The third-order valence-corrected chi connectivity index (χ3v) is 5.57. The molecule has 0 radical (unpaired) electrons. The summed E-state index contributed by atoms with van der Waals surface area (Å²) in [5.41, 5.74) is 3.68. The summed E-state index contributed by atoms with van der Waals surface area (Å²) in [5.74, 6) is 0.773. The summed E-state index contributed by atoms with van der Waals surface area (Å²) in [6, 6.07) is 10.8. The minimum absolute atomic E-state index is 0. The van der Waals surface area contributed by atoms with Crippen LogP contribution in [0.2, 0.25) is 0 Å². The molecule has 4 aromatic heterocycles. The van der Waals surface area contributed by atoms with Crippen molar-refractivity contribution >= 4 is 69.3 Å². The topological polar surface area (TPSA) is 120 Å². The highest BCUT2D eigenvalue weighted by Gasteiger charge is 2.00. The quantitative estimate of drug-likeness (QED) is 0.114. The molecular formula is C22H25Br2ClN6O2S2. The normalized spacial score (nSPS) is 9.23. The molecule has 188 valence electrons. The van der Waals surface area contributed by atoms with Gasteiger partial charge in [0.2, 0.25) is 0 Å². The number of halogens is 3. The molecule has 4 rings (SSSR count). The molecule has 4 heterocycles. The van der Waals surface area contributed by atoms with Gasteiger partial charge in [-0.25, -0.2) is 4.98 Å². The van der Waals surface area contributed by atoms with Crippen molar-refractivity contribution in [3.63, 3.8) is 0 Å². The van der Waals surface area contributed by atoms with Gasteiger partial charge in [0.1, 0.15) is 0 Å². The Hall–Kier alpha value is -2.12. The van der Waals surface area contributed by atoms with Gasteiger partial charge in [-0.3, -0.25) is 24.5 Å². The number of nitrogens with one attached hydrogen (secondary N) is 3. The number of thioether (sulfide) groups is 1. The second kappa shape index (κ2) is 18.2. The van der Waals surface area contributed by atoms with Crippen LogP contribution in [0.5, 0.6) is 0 Å². The largest absolute Gasteiger partial charge is 0.336 e. The van der Waals surface area contributed by atoms with Crippen LogP contribution in [0.4, 0.5) is 0 Å². The summed E-state index contributed by atoms with van der Waals surface area (Å²) in [7, 11) is 0. The molecule has 0 bridgehead atoms. The first kappa shape index (κ1) is 32.9. The molecule has 0 aliphatic carbocycles. The Labute approximate surface area is 237 Å². The number of aromatic amines is 3. The first-order valence-electron chi connectivity index (χ1n) is 9.70. The number of hydrogen-bond acceptors (Lipinski definition) is 7. The van der Waals surface area contributed by atoms with Crippen molar-refractivity contribution in [1.82, 2.24) is 29.9 Å². The number of aromatic nitrogens is 6. The predicted molar refractivity (Wildman–Crippen MR) is 155 cm³/mol. The number of hydrogen-bond donors (Lipinski definition) is 3. The van der Waals surface area contributed by atoms with Crippen LogP contribution in [0.25, 0.3) is 0 Å². The lowest BCUT2D eigenvalue weighted by molar-refractivity contribution is 0.905. The van der Waals surface area contributed by atoms with Crippen molar-refractivity contribution in [3.8, 4) is 0 Å². The number of alkyl halides is 1. The van der Waals surface area contributed by atoms with Gasteiger partial charge in [0.05, 0.1) is 0 Å². The molecule has 0 amide bonds. The van der Waals surface area contributed by atoms with Crippen molar-refractivity contribution < 1.29 is 0 Å². The molecule has 0 saturated heterocycles. The Balaban J connectivity index is 0.000000523. The van der Waals surface area contributed by atoms with E-state index in [-0.39, 0.29) is 40.5 Å². The molecule has 0 spiro atoms. The van der Waals surface area contributed by atoms with Gasteiger partial charge in [-0.15, -0.1) is 29.4 Å². The lowest BCUT2D eigenvalue weighted by Crippen LogP contribution is -2.08. The van der Waals surface area contributed by atoms with Gasteiger partial charge in [-0.2, -0.15) is 0 Å². The maximum atomic E-state index is 11.2. The lowest BCUT2D eigenvalue weighted by Gasteiger charge is -2.01. The zero-order valence-electron chi connectivity index (χ0n) is 18.9. The van der Waals surface area contributed by atoms with Crippen LogP contribution in [0.3, 0.4) is 0 Å². The Morgan fingerprint density at radius 2 is 1.43 bits per heavy atom. The molecule has 0 aliphatic rings. The van der Waals surface area contributed by atoms with Gasteiger partial charge >= 0.3 is 0 Å². The van der Waals surface area contributed by atoms with Gasteiger partial charge in [0.25, 0.3) is 11.1 Å². The monoisotopic (exact) mass is 662 g/mol. The minimum atomic E-state index is -0.156. The zero-order chi connectivity index (χ0) is 24.1. The molecule has 35 heavy (non-hydrogen) atoms. The number of H-pyrrole nitrogens is 3. The Morgan fingerprint density at radius 3 is 1.89 bits per heavy atom. The fourth-order valence-corrected chi connectivity index (χ4v) is 3.83. The van der Waals surface area contributed by atoms with E-state index < -0.39 is 0 Å². The molecule has 8 nitrogen and oxygen atoms in total. The van der Waals surface area contributed by atoms with E-state index in [9.17, 15) is 9.59 Å². The van der Waals surface area contributed by atoms with Crippen LogP contribution in [-0.4, -0.2) is 29.9 Å². The molecule has 0 saturated carbocycles. The second-order valence-corrected chi connectivity index (χ2v) is 8.53. The maximum absolute atomic E-state index is 11.2. The van der Waals surface area contributed by atoms with E-state index in [4.69, 9.17) is 0 Å². The highest BCUT2D eigenvalue weighted by Crippen LogP contribution is 2.17. The molecule has 13 heteroatoms. The van der Waals surface area contributed by atoms with E-state index in [0.717, 1.165) is 28.0 Å². The lowest BCUT2D eigenvalue weighted by atomic mass is 10.3. The summed E-state index contributed by atoms with van der Waals surface area (Å²) in [6.07, 6.45) is 7.08. The molecule has 0 atom stereocenters. The van der Waals surface area contributed by atoms with Crippen molar-refractivity contribution in [2.24, 2.45) is 0 Å². The smallest absolute Gasteiger partial charge is 0.251 e. The highest BCUT2D eigenvalue weighted by atomic mass is 79.9. The van der Waals surface area contributed by atoms with Gasteiger partial charge in [0, 0.05) is 59.4 Å². The predicted octanol–water partition coefficient (Wildman–Crippen LogP) is 5.48. The summed E-state index contributed by atoms with van der Waals surface area (Å²) in [6.45, 7) is 3.59. The maximum Gasteiger partial charge on any atom is 0.251 e. The van der Waals surface area contributed by atoms with Crippen LogP contribution in [0, 0.1) is 18.6 Å². The van der Waals surface area contributed by atoms with E-state index in [0.29, 0.717) is 9.93 Å². The van der Waals surface area contributed by atoms with E-state index in [1.165, 1.54) is 29.5 Å². The standard InChI is InChI=1S/C11H11N3OS.C6H6BrN.C5H6N2OS.BrH.ClH/c1-8-6-10(15)14-11(13-8)16-7-9-2-4-12-5-3-9;7-5-6-1-3-8-4-2-6;1-3-2-4(8)7-5(9)6-3;;/h2-6H,7H2,1H3,(H,13,14,15);1-4H,5H2;2H,1H3,(H2,6,7,8,9);2*1H.